The fourth-order valence-electron chi connectivity index (χ4n) is 1.40. The third-order valence-electron chi connectivity index (χ3n) is 2.17. The molecule has 5 heteroatoms. The number of thiophene rings is 1. The number of amides is 1. The number of thioether (sulfide) groups is 1. The summed E-state index contributed by atoms with van der Waals surface area (Å²) in [5, 5.41) is 4.93. The van der Waals surface area contributed by atoms with Crippen molar-refractivity contribution in [3.63, 3.8) is 0 Å². The van der Waals surface area contributed by atoms with Gasteiger partial charge in [-0.1, -0.05) is 28.1 Å². The van der Waals surface area contributed by atoms with Crippen LogP contribution < -0.4 is 5.32 Å². The summed E-state index contributed by atoms with van der Waals surface area (Å²) < 4.78 is 0.964. The van der Waals surface area contributed by atoms with Crippen LogP contribution >= 0.6 is 39.0 Å². The normalized spacial score (nSPS) is 10.3. The van der Waals surface area contributed by atoms with E-state index < -0.39 is 0 Å². The van der Waals surface area contributed by atoms with Gasteiger partial charge in [0.2, 0.25) is 5.91 Å². The predicted molar refractivity (Wildman–Crippen MR) is 83.3 cm³/mol. The number of hydrogen-bond donors (Lipinski definition) is 1. The smallest absolute Gasteiger partial charge is 0.234 e. The van der Waals surface area contributed by atoms with Crippen LogP contribution in [-0.4, -0.2) is 11.7 Å². The molecule has 2 nitrogen and oxygen atoms in total. The maximum absolute atomic E-state index is 11.7. The van der Waals surface area contributed by atoms with Crippen molar-refractivity contribution in [1.29, 1.82) is 0 Å². The van der Waals surface area contributed by atoms with E-state index in [0.717, 1.165) is 15.9 Å². The van der Waals surface area contributed by atoms with Gasteiger partial charge >= 0.3 is 0 Å². The molecule has 0 spiro atoms. The SMILES string of the molecule is O=C(CSCc1cccs1)Nc1cccc(Br)c1. The molecule has 0 aliphatic heterocycles. The lowest BCUT2D eigenvalue weighted by molar-refractivity contribution is -0.113. The van der Waals surface area contributed by atoms with Gasteiger partial charge in [0.1, 0.15) is 0 Å². The highest BCUT2D eigenvalue weighted by Crippen LogP contribution is 2.18. The Morgan fingerprint density at radius 2 is 2.22 bits per heavy atom. The van der Waals surface area contributed by atoms with Gasteiger partial charge in [-0.25, -0.2) is 0 Å². The van der Waals surface area contributed by atoms with E-state index >= 15 is 0 Å². The topological polar surface area (TPSA) is 29.1 Å². The standard InChI is InChI=1S/C13H12BrNOS2/c14-10-3-1-4-11(7-10)15-13(16)9-17-8-12-5-2-6-18-12/h1-7H,8-9H2,(H,15,16). The lowest BCUT2D eigenvalue weighted by Crippen LogP contribution is -2.13. The van der Waals surface area contributed by atoms with Crippen molar-refractivity contribution in [1.82, 2.24) is 0 Å². The molecule has 0 fully saturated rings. The molecule has 2 rings (SSSR count). The van der Waals surface area contributed by atoms with Gasteiger partial charge in [0.15, 0.2) is 0 Å². The summed E-state index contributed by atoms with van der Waals surface area (Å²) in [5.74, 6) is 1.41. The third kappa shape index (κ3) is 4.48. The zero-order chi connectivity index (χ0) is 12.8. The van der Waals surface area contributed by atoms with Crippen LogP contribution in [0.2, 0.25) is 0 Å². The Balaban J connectivity index is 1.75. The number of carbonyl (C=O) groups is 1. The van der Waals surface area contributed by atoms with E-state index in [1.165, 1.54) is 4.88 Å². The molecule has 1 heterocycles. The van der Waals surface area contributed by atoms with Crippen molar-refractivity contribution in [3.8, 4) is 0 Å². The fraction of sp³-hybridized carbons (Fsp3) is 0.154. The Hall–Kier alpha value is -0.780. The molecule has 0 bridgehead atoms. The van der Waals surface area contributed by atoms with Gasteiger partial charge in [-0.2, -0.15) is 0 Å². The van der Waals surface area contributed by atoms with Crippen LogP contribution in [0, 0.1) is 0 Å². The summed E-state index contributed by atoms with van der Waals surface area (Å²) in [4.78, 5) is 13.0. The van der Waals surface area contributed by atoms with E-state index in [1.807, 2.05) is 30.3 Å². The molecule has 1 aromatic heterocycles. The van der Waals surface area contributed by atoms with Gasteiger partial charge in [-0.3, -0.25) is 4.79 Å². The predicted octanol–water partition coefficient (Wildman–Crippen LogP) is 4.38. The first-order chi connectivity index (χ1) is 8.74. The van der Waals surface area contributed by atoms with Crippen LogP contribution in [-0.2, 0) is 10.5 Å². The van der Waals surface area contributed by atoms with Crippen molar-refractivity contribution in [3.05, 3.63) is 51.1 Å². The molecule has 0 aliphatic carbocycles. The summed E-state index contributed by atoms with van der Waals surface area (Å²) in [6, 6.07) is 11.7. The highest BCUT2D eigenvalue weighted by molar-refractivity contribution is 9.10. The Morgan fingerprint density at radius 3 is 2.94 bits per heavy atom. The molecule has 0 atom stereocenters. The number of carbonyl (C=O) groups excluding carboxylic acids is 1. The minimum atomic E-state index is 0.0367. The zero-order valence-corrected chi connectivity index (χ0v) is 12.8. The Labute approximate surface area is 123 Å². The number of nitrogens with one attached hydrogen (secondary N) is 1. The van der Waals surface area contributed by atoms with Crippen molar-refractivity contribution in [2.45, 2.75) is 5.75 Å². The van der Waals surface area contributed by atoms with Crippen LogP contribution in [0.4, 0.5) is 5.69 Å². The summed E-state index contributed by atoms with van der Waals surface area (Å²) >= 11 is 6.73. The number of hydrogen-bond acceptors (Lipinski definition) is 3. The zero-order valence-electron chi connectivity index (χ0n) is 9.56. The lowest BCUT2D eigenvalue weighted by Gasteiger charge is -2.05. The third-order valence-corrected chi connectivity index (χ3v) is 4.70. The summed E-state index contributed by atoms with van der Waals surface area (Å²) in [6.07, 6.45) is 0. The van der Waals surface area contributed by atoms with Crippen molar-refractivity contribution in [2.24, 2.45) is 0 Å². The molecule has 18 heavy (non-hydrogen) atoms. The van der Waals surface area contributed by atoms with Crippen LogP contribution in [0.3, 0.4) is 0 Å². The van der Waals surface area contributed by atoms with Gasteiger partial charge in [0.05, 0.1) is 5.75 Å². The molecular formula is C13H12BrNOS2. The number of halogens is 1. The Kier molecular flexibility index (Phi) is 5.28. The average Bonchev–Trinajstić information content (AvgIpc) is 2.82. The highest BCUT2D eigenvalue weighted by Gasteiger charge is 2.03. The molecule has 1 amide bonds. The van der Waals surface area contributed by atoms with E-state index in [1.54, 1.807) is 23.1 Å². The van der Waals surface area contributed by atoms with E-state index in [4.69, 9.17) is 0 Å². The molecule has 1 aromatic carbocycles. The average molecular weight is 342 g/mol. The fourth-order valence-corrected chi connectivity index (χ4v) is 3.47. The molecule has 1 N–H and O–H groups in total. The second-order valence-electron chi connectivity index (χ2n) is 3.63. The maximum atomic E-state index is 11.7. The molecule has 0 aliphatic rings. The molecule has 0 saturated carbocycles. The minimum absolute atomic E-state index is 0.0367. The van der Waals surface area contributed by atoms with Gasteiger partial charge in [0, 0.05) is 20.8 Å². The molecule has 94 valence electrons. The number of anilines is 1. The monoisotopic (exact) mass is 341 g/mol. The van der Waals surface area contributed by atoms with Crippen molar-refractivity contribution >= 4 is 50.6 Å². The Morgan fingerprint density at radius 1 is 1.33 bits per heavy atom. The lowest BCUT2D eigenvalue weighted by atomic mass is 10.3. The van der Waals surface area contributed by atoms with E-state index in [-0.39, 0.29) is 5.91 Å². The highest BCUT2D eigenvalue weighted by atomic mass is 79.9. The van der Waals surface area contributed by atoms with Gasteiger partial charge in [-0.15, -0.1) is 23.1 Å². The van der Waals surface area contributed by atoms with Crippen molar-refractivity contribution in [2.75, 3.05) is 11.1 Å². The number of rotatable bonds is 5. The molecule has 0 unspecified atom stereocenters. The summed E-state index contributed by atoms with van der Waals surface area (Å²) in [5.41, 5.74) is 0.825. The maximum Gasteiger partial charge on any atom is 0.234 e. The minimum Gasteiger partial charge on any atom is -0.325 e. The quantitative estimate of drug-likeness (QED) is 0.874. The molecular weight excluding hydrogens is 330 g/mol. The first-order valence-electron chi connectivity index (χ1n) is 5.39. The molecule has 2 aromatic rings. The summed E-state index contributed by atoms with van der Waals surface area (Å²) in [7, 11) is 0. The summed E-state index contributed by atoms with van der Waals surface area (Å²) in [6.45, 7) is 0. The second-order valence-corrected chi connectivity index (χ2v) is 6.56. The van der Waals surface area contributed by atoms with E-state index in [2.05, 4.69) is 32.7 Å². The van der Waals surface area contributed by atoms with Gasteiger partial charge in [0.25, 0.3) is 0 Å². The second kappa shape index (κ2) is 6.97. The van der Waals surface area contributed by atoms with Crippen LogP contribution in [0.15, 0.2) is 46.3 Å². The molecule has 0 radical (unpaired) electrons. The van der Waals surface area contributed by atoms with Crippen LogP contribution in [0.1, 0.15) is 4.88 Å². The van der Waals surface area contributed by atoms with Gasteiger partial charge in [-0.05, 0) is 29.6 Å². The Bertz CT molecular complexity index is 513. The largest absolute Gasteiger partial charge is 0.325 e. The van der Waals surface area contributed by atoms with Crippen LogP contribution in [0.25, 0.3) is 0 Å². The van der Waals surface area contributed by atoms with E-state index in [0.29, 0.717) is 5.75 Å². The van der Waals surface area contributed by atoms with Gasteiger partial charge < -0.3 is 5.32 Å². The van der Waals surface area contributed by atoms with Crippen LogP contribution in [0.5, 0.6) is 0 Å². The number of benzene rings is 1. The first kappa shape index (κ1) is 13.6. The van der Waals surface area contributed by atoms with Crippen molar-refractivity contribution < 1.29 is 4.79 Å². The molecule has 0 saturated heterocycles. The first-order valence-corrected chi connectivity index (χ1v) is 8.22. The van der Waals surface area contributed by atoms with E-state index in [9.17, 15) is 4.79 Å².